The number of aromatic hydroxyl groups is 1. The van der Waals surface area contributed by atoms with E-state index in [1.807, 2.05) is 73.7 Å². The number of ketones is 1. The van der Waals surface area contributed by atoms with Crippen LogP contribution >= 0.6 is 0 Å². The summed E-state index contributed by atoms with van der Waals surface area (Å²) in [6, 6.07) is 24.2. The highest BCUT2D eigenvalue weighted by Crippen LogP contribution is 2.26. The zero-order valence-electron chi connectivity index (χ0n) is 14.1. The number of phenols is 1. The minimum atomic E-state index is -0.170. The van der Waals surface area contributed by atoms with Crippen LogP contribution in [0.3, 0.4) is 0 Å². The van der Waals surface area contributed by atoms with Gasteiger partial charge in [0, 0.05) is 17.7 Å². The quantitative estimate of drug-likeness (QED) is 0.616. The van der Waals surface area contributed by atoms with E-state index in [4.69, 9.17) is 0 Å². The molecule has 0 spiro atoms. The van der Waals surface area contributed by atoms with E-state index in [1.165, 1.54) is 5.56 Å². The number of Topliss-reactive ketones (excluding diaryl/α,β-unsaturated/α-hetero) is 1. The van der Waals surface area contributed by atoms with Crippen LogP contribution in [-0.2, 0) is 0 Å². The highest BCUT2D eigenvalue weighted by atomic mass is 16.3. The molecule has 0 saturated heterocycles. The molecule has 0 bridgehead atoms. The summed E-state index contributed by atoms with van der Waals surface area (Å²) in [6.07, 6.45) is 0.336. The van der Waals surface area contributed by atoms with Gasteiger partial charge in [0.25, 0.3) is 0 Å². The first-order valence-electron chi connectivity index (χ1n) is 8.32. The fourth-order valence-electron chi connectivity index (χ4n) is 2.74. The zero-order valence-corrected chi connectivity index (χ0v) is 14.1. The molecule has 1 atom stereocenters. The van der Waals surface area contributed by atoms with Gasteiger partial charge in [-0.3, -0.25) is 4.79 Å². The fraction of sp³-hybridized carbons (Fsp3) is 0.136. The molecule has 0 radical (unpaired) electrons. The number of hydrogen-bond donors (Lipinski definition) is 2. The summed E-state index contributed by atoms with van der Waals surface area (Å²) in [5.74, 6) is 0.297. The SMILES string of the molecule is Cc1ccc(NC(CC(=O)c2ccccc2)c2ccc(O)cc2)cc1. The maximum atomic E-state index is 12.7. The van der Waals surface area contributed by atoms with Crippen LogP contribution in [0.2, 0.25) is 0 Å². The third kappa shape index (κ3) is 4.48. The predicted molar refractivity (Wildman–Crippen MR) is 101 cm³/mol. The minimum Gasteiger partial charge on any atom is -0.508 e. The summed E-state index contributed by atoms with van der Waals surface area (Å²) in [7, 11) is 0. The number of benzene rings is 3. The van der Waals surface area contributed by atoms with E-state index < -0.39 is 0 Å². The van der Waals surface area contributed by atoms with Crippen LogP contribution in [0.25, 0.3) is 0 Å². The Bertz CT molecular complexity index is 824. The number of hydrogen-bond acceptors (Lipinski definition) is 3. The number of aryl methyl sites for hydroxylation is 1. The molecule has 3 heteroatoms. The molecule has 0 fully saturated rings. The van der Waals surface area contributed by atoms with Crippen molar-refractivity contribution < 1.29 is 9.90 Å². The summed E-state index contributed by atoms with van der Waals surface area (Å²) in [5.41, 5.74) is 3.82. The number of nitrogens with one attached hydrogen (secondary N) is 1. The van der Waals surface area contributed by atoms with E-state index in [-0.39, 0.29) is 17.6 Å². The van der Waals surface area contributed by atoms with Crippen LogP contribution < -0.4 is 5.32 Å². The van der Waals surface area contributed by atoms with E-state index in [0.29, 0.717) is 12.0 Å². The van der Waals surface area contributed by atoms with Crippen molar-refractivity contribution in [3.8, 4) is 5.75 Å². The smallest absolute Gasteiger partial charge is 0.165 e. The van der Waals surface area contributed by atoms with Gasteiger partial charge in [0.1, 0.15) is 5.75 Å². The number of carbonyl (C=O) groups is 1. The summed E-state index contributed by atoms with van der Waals surface area (Å²) >= 11 is 0. The first kappa shape index (κ1) is 16.8. The van der Waals surface area contributed by atoms with Gasteiger partial charge < -0.3 is 10.4 Å². The van der Waals surface area contributed by atoms with Gasteiger partial charge in [-0.05, 0) is 36.8 Å². The Hall–Kier alpha value is -3.07. The second-order valence-corrected chi connectivity index (χ2v) is 6.15. The molecular formula is C22H21NO2. The van der Waals surface area contributed by atoms with Gasteiger partial charge in [-0.2, -0.15) is 0 Å². The van der Waals surface area contributed by atoms with Crippen LogP contribution in [0, 0.1) is 6.92 Å². The van der Waals surface area contributed by atoms with Gasteiger partial charge >= 0.3 is 0 Å². The van der Waals surface area contributed by atoms with Crippen molar-refractivity contribution in [1.29, 1.82) is 0 Å². The number of rotatable bonds is 6. The van der Waals surface area contributed by atoms with Crippen molar-refractivity contribution >= 4 is 11.5 Å². The van der Waals surface area contributed by atoms with Crippen molar-refractivity contribution in [2.75, 3.05) is 5.32 Å². The lowest BCUT2D eigenvalue weighted by molar-refractivity contribution is 0.0976. The van der Waals surface area contributed by atoms with Crippen molar-refractivity contribution in [3.63, 3.8) is 0 Å². The Morgan fingerprint density at radius 2 is 1.56 bits per heavy atom. The molecule has 25 heavy (non-hydrogen) atoms. The lowest BCUT2D eigenvalue weighted by Gasteiger charge is -2.20. The average Bonchev–Trinajstić information content (AvgIpc) is 2.64. The second-order valence-electron chi connectivity index (χ2n) is 6.15. The molecule has 1 unspecified atom stereocenters. The normalized spacial score (nSPS) is 11.7. The van der Waals surface area contributed by atoms with E-state index in [1.54, 1.807) is 12.1 Å². The van der Waals surface area contributed by atoms with Crippen molar-refractivity contribution in [1.82, 2.24) is 0 Å². The van der Waals surface area contributed by atoms with E-state index >= 15 is 0 Å². The predicted octanol–water partition coefficient (Wildman–Crippen LogP) is 5.13. The molecule has 2 N–H and O–H groups in total. The number of carbonyl (C=O) groups excluding carboxylic acids is 1. The molecule has 3 rings (SSSR count). The van der Waals surface area contributed by atoms with E-state index in [0.717, 1.165) is 11.3 Å². The third-order valence-electron chi connectivity index (χ3n) is 4.17. The topological polar surface area (TPSA) is 49.3 Å². The second kappa shape index (κ2) is 7.67. The Morgan fingerprint density at radius 3 is 2.20 bits per heavy atom. The lowest BCUT2D eigenvalue weighted by atomic mass is 9.97. The van der Waals surface area contributed by atoms with E-state index in [2.05, 4.69) is 5.32 Å². The molecule has 0 aliphatic heterocycles. The fourth-order valence-corrected chi connectivity index (χ4v) is 2.74. The number of anilines is 1. The Morgan fingerprint density at radius 1 is 0.920 bits per heavy atom. The first-order chi connectivity index (χ1) is 12.1. The average molecular weight is 331 g/mol. The van der Waals surface area contributed by atoms with Gasteiger partial charge in [0.15, 0.2) is 5.78 Å². The summed E-state index contributed by atoms with van der Waals surface area (Å²) in [5, 5.41) is 13.0. The van der Waals surface area contributed by atoms with Crippen molar-refractivity contribution in [3.05, 3.63) is 95.6 Å². The van der Waals surface area contributed by atoms with Crippen LogP contribution in [0.1, 0.15) is 33.9 Å². The van der Waals surface area contributed by atoms with Crippen LogP contribution in [0.15, 0.2) is 78.9 Å². The molecule has 3 aromatic rings. The summed E-state index contributed by atoms with van der Waals surface area (Å²) in [4.78, 5) is 12.7. The minimum absolute atomic E-state index is 0.0817. The zero-order chi connectivity index (χ0) is 17.6. The number of phenolic OH excluding ortho intramolecular Hbond substituents is 1. The van der Waals surface area contributed by atoms with Gasteiger partial charge in [-0.1, -0.05) is 60.2 Å². The van der Waals surface area contributed by atoms with Gasteiger partial charge in [-0.25, -0.2) is 0 Å². The molecule has 0 saturated carbocycles. The molecule has 0 aromatic heterocycles. The maximum absolute atomic E-state index is 12.7. The largest absolute Gasteiger partial charge is 0.508 e. The molecule has 0 aliphatic rings. The summed E-state index contributed by atoms with van der Waals surface area (Å²) < 4.78 is 0. The monoisotopic (exact) mass is 331 g/mol. The van der Waals surface area contributed by atoms with Gasteiger partial charge in [0.2, 0.25) is 0 Å². The molecule has 126 valence electrons. The standard InChI is InChI=1S/C22H21NO2/c1-16-7-11-19(12-8-16)23-21(17-9-13-20(24)14-10-17)15-22(25)18-5-3-2-4-6-18/h2-14,21,23-24H,15H2,1H3. The Balaban J connectivity index is 1.84. The highest BCUT2D eigenvalue weighted by Gasteiger charge is 2.17. The molecule has 3 nitrogen and oxygen atoms in total. The Kier molecular flexibility index (Phi) is 5.14. The van der Waals surface area contributed by atoms with Crippen LogP contribution in [-0.4, -0.2) is 10.9 Å². The molecule has 3 aromatic carbocycles. The summed E-state index contributed by atoms with van der Waals surface area (Å²) in [6.45, 7) is 2.04. The highest BCUT2D eigenvalue weighted by molar-refractivity contribution is 5.96. The van der Waals surface area contributed by atoms with Crippen molar-refractivity contribution in [2.45, 2.75) is 19.4 Å². The molecule has 0 aliphatic carbocycles. The van der Waals surface area contributed by atoms with E-state index in [9.17, 15) is 9.90 Å². The third-order valence-corrected chi connectivity index (χ3v) is 4.17. The molecule has 0 heterocycles. The van der Waals surface area contributed by atoms with Gasteiger partial charge in [0.05, 0.1) is 6.04 Å². The van der Waals surface area contributed by atoms with Gasteiger partial charge in [-0.15, -0.1) is 0 Å². The van der Waals surface area contributed by atoms with Crippen LogP contribution in [0.5, 0.6) is 5.75 Å². The van der Waals surface area contributed by atoms with Crippen LogP contribution in [0.4, 0.5) is 5.69 Å². The first-order valence-corrected chi connectivity index (χ1v) is 8.32. The van der Waals surface area contributed by atoms with Crippen molar-refractivity contribution in [2.24, 2.45) is 0 Å². The molecule has 0 amide bonds. The molecular weight excluding hydrogens is 310 g/mol. The lowest BCUT2D eigenvalue weighted by Crippen LogP contribution is -2.15. The Labute approximate surface area is 148 Å². The maximum Gasteiger partial charge on any atom is 0.165 e.